The number of para-hydroxylation sites is 2. The maximum absolute atomic E-state index is 9.59. The van der Waals surface area contributed by atoms with Crippen molar-refractivity contribution in [1.29, 1.82) is 5.26 Å². The van der Waals surface area contributed by atoms with Gasteiger partial charge in [-0.3, -0.25) is 0 Å². The number of aromatic nitrogens is 2. The number of H-pyrrole nitrogens is 1. The van der Waals surface area contributed by atoms with Gasteiger partial charge in [-0.05, 0) is 58.3 Å². The zero-order valence-electron chi connectivity index (χ0n) is 14.5. The highest BCUT2D eigenvalue weighted by Gasteiger charge is 2.13. The number of rotatable bonds is 6. The molecule has 1 aromatic heterocycles. The smallest absolute Gasteiger partial charge is 0.175 e. The molecule has 26 heavy (non-hydrogen) atoms. The predicted octanol–water partition coefficient (Wildman–Crippen LogP) is 5.19. The highest BCUT2D eigenvalue weighted by Crippen LogP contribution is 2.37. The van der Waals surface area contributed by atoms with Gasteiger partial charge in [-0.15, -0.1) is 0 Å². The normalized spacial score (nSPS) is 11.4. The Balaban J connectivity index is 2.01. The van der Waals surface area contributed by atoms with Gasteiger partial charge in [0.05, 0.1) is 34.8 Å². The fraction of sp³-hybridized carbons (Fsp3) is 0.200. The number of ether oxygens (including phenoxy) is 2. The highest BCUT2D eigenvalue weighted by atomic mass is 79.9. The average Bonchev–Trinajstić information content (AvgIpc) is 3.08. The molecule has 3 aromatic rings. The average molecular weight is 412 g/mol. The number of hydrogen-bond donors (Lipinski definition) is 1. The number of allylic oxidation sites excluding steroid dienone is 1. The Labute approximate surface area is 160 Å². The third-order valence-corrected chi connectivity index (χ3v) is 4.37. The Morgan fingerprint density at radius 3 is 2.85 bits per heavy atom. The lowest BCUT2D eigenvalue weighted by Crippen LogP contribution is -1.99. The standard InChI is InChI=1S/C20H18BrN3O2/c1-3-8-26-19-15(21)10-13(11-18(19)25-2)9-14(12-22)20-23-16-6-4-5-7-17(16)24-20/h4-7,9-11H,3,8H2,1-2H3,(H,23,24)/b14-9+. The molecule has 0 amide bonds. The molecule has 0 saturated heterocycles. The van der Waals surface area contributed by atoms with E-state index in [0.717, 1.165) is 27.5 Å². The third kappa shape index (κ3) is 3.73. The maximum Gasteiger partial charge on any atom is 0.175 e. The number of nitriles is 1. The molecule has 0 aliphatic rings. The topological polar surface area (TPSA) is 70.9 Å². The molecule has 0 unspecified atom stereocenters. The van der Waals surface area contributed by atoms with Crippen LogP contribution in [0.1, 0.15) is 24.7 Å². The van der Waals surface area contributed by atoms with E-state index < -0.39 is 0 Å². The van der Waals surface area contributed by atoms with Gasteiger partial charge in [0.2, 0.25) is 0 Å². The van der Waals surface area contributed by atoms with Crippen LogP contribution in [0.4, 0.5) is 0 Å². The van der Waals surface area contributed by atoms with Gasteiger partial charge in [0, 0.05) is 0 Å². The van der Waals surface area contributed by atoms with Crippen molar-refractivity contribution in [2.45, 2.75) is 13.3 Å². The summed E-state index contributed by atoms with van der Waals surface area (Å²) in [5, 5.41) is 9.59. The molecule has 0 fully saturated rings. The molecule has 0 spiro atoms. The Kier molecular flexibility index (Phi) is 5.59. The Morgan fingerprint density at radius 1 is 1.35 bits per heavy atom. The maximum atomic E-state index is 9.59. The second-order valence-corrected chi connectivity index (χ2v) is 6.51. The second kappa shape index (κ2) is 8.07. The third-order valence-electron chi connectivity index (χ3n) is 3.78. The van der Waals surface area contributed by atoms with Gasteiger partial charge in [0.15, 0.2) is 11.5 Å². The summed E-state index contributed by atoms with van der Waals surface area (Å²) in [6.45, 7) is 2.65. The van der Waals surface area contributed by atoms with Gasteiger partial charge in [0.25, 0.3) is 0 Å². The number of aromatic amines is 1. The summed E-state index contributed by atoms with van der Waals surface area (Å²) in [4.78, 5) is 7.67. The molecule has 2 aromatic carbocycles. The van der Waals surface area contributed by atoms with Crippen LogP contribution in [0.3, 0.4) is 0 Å². The first-order valence-electron chi connectivity index (χ1n) is 8.23. The van der Waals surface area contributed by atoms with Crippen molar-refractivity contribution in [3.63, 3.8) is 0 Å². The first kappa shape index (κ1) is 18.0. The van der Waals surface area contributed by atoms with Crippen molar-refractivity contribution in [2.75, 3.05) is 13.7 Å². The predicted molar refractivity (Wildman–Crippen MR) is 106 cm³/mol. The summed E-state index contributed by atoms with van der Waals surface area (Å²) in [6.07, 6.45) is 2.68. The number of benzene rings is 2. The summed E-state index contributed by atoms with van der Waals surface area (Å²) in [5.41, 5.74) is 2.98. The SMILES string of the molecule is CCCOc1c(Br)cc(/C=C(\C#N)c2nc3ccccc3[nH]2)cc1OC. The van der Waals surface area contributed by atoms with E-state index in [1.54, 1.807) is 13.2 Å². The Bertz CT molecular complexity index is 969. The van der Waals surface area contributed by atoms with Crippen LogP contribution >= 0.6 is 15.9 Å². The number of nitrogens with zero attached hydrogens (tertiary/aromatic N) is 2. The zero-order valence-corrected chi connectivity index (χ0v) is 16.1. The summed E-state index contributed by atoms with van der Waals surface area (Å²) < 4.78 is 12.0. The van der Waals surface area contributed by atoms with Crippen LogP contribution in [0.15, 0.2) is 40.9 Å². The van der Waals surface area contributed by atoms with Crippen molar-refractivity contribution in [3.05, 3.63) is 52.3 Å². The van der Waals surface area contributed by atoms with Crippen molar-refractivity contribution in [2.24, 2.45) is 0 Å². The quantitative estimate of drug-likeness (QED) is 0.566. The van der Waals surface area contributed by atoms with Gasteiger partial charge in [-0.1, -0.05) is 19.1 Å². The Morgan fingerprint density at radius 2 is 2.15 bits per heavy atom. The molecule has 3 rings (SSSR count). The van der Waals surface area contributed by atoms with Gasteiger partial charge in [-0.2, -0.15) is 5.26 Å². The first-order chi connectivity index (χ1) is 12.7. The van der Waals surface area contributed by atoms with E-state index in [1.165, 1.54) is 0 Å². The molecule has 0 atom stereocenters. The number of methoxy groups -OCH3 is 1. The van der Waals surface area contributed by atoms with Crippen molar-refractivity contribution < 1.29 is 9.47 Å². The van der Waals surface area contributed by atoms with E-state index in [-0.39, 0.29) is 0 Å². The highest BCUT2D eigenvalue weighted by molar-refractivity contribution is 9.10. The Hall–Kier alpha value is -2.78. The second-order valence-electron chi connectivity index (χ2n) is 5.65. The van der Waals surface area contributed by atoms with Gasteiger partial charge in [0.1, 0.15) is 11.9 Å². The van der Waals surface area contributed by atoms with Crippen LogP contribution in [0, 0.1) is 11.3 Å². The number of imidazole rings is 1. The summed E-state index contributed by atoms with van der Waals surface area (Å²) in [5.74, 6) is 1.81. The van der Waals surface area contributed by atoms with Gasteiger partial charge >= 0.3 is 0 Å². The molecule has 0 aliphatic heterocycles. The fourth-order valence-electron chi connectivity index (χ4n) is 2.57. The number of fused-ring (bicyclic) bond motifs is 1. The molecular weight excluding hydrogens is 394 g/mol. The molecular formula is C20H18BrN3O2. The van der Waals surface area contributed by atoms with E-state index in [0.29, 0.717) is 29.5 Å². The molecule has 0 bridgehead atoms. The first-order valence-corrected chi connectivity index (χ1v) is 9.02. The minimum Gasteiger partial charge on any atom is -0.493 e. The van der Waals surface area contributed by atoms with Crippen molar-refractivity contribution >= 4 is 38.6 Å². The number of nitrogens with one attached hydrogen (secondary N) is 1. The van der Waals surface area contributed by atoms with E-state index in [1.807, 2.05) is 43.3 Å². The molecule has 6 heteroatoms. The number of hydrogen-bond acceptors (Lipinski definition) is 4. The molecule has 1 N–H and O–H groups in total. The van der Waals surface area contributed by atoms with Gasteiger partial charge < -0.3 is 14.5 Å². The molecule has 0 aliphatic carbocycles. The van der Waals surface area contributed by atoms with Crippen LogP contribution in [0.5, 0.6) is 11.5 Å². The van der Waals surface area contributed by atoms with Crippen LogP contribution in [-0.2, 0) is 0 Å². The lowest BCUT2D eigenvalue weighted by Gasteiger charge is -2.13. The monoisotopic (exact) mass is 411 g/mol. The van der Waals surface area contributed by atoms with E-state index >= 15 is 0 Å². The van der Waals surface area contributed by atoms with E-state index in [4.69, 9.17) is 9.47 Å². The van der Waals surface area contributed by atoms with Gasteiger partial charge in [-0.25, -0.2) is 4.98 Å². The largest absolute Gasteiger partial charge is 0.493 e. The molecule has 0 radical (unpaired) electrons. The van der Waals surface area contributed by atoms with Crippen molar-refractivity contribution in [3.8, 4) is 17.6 Å². The van der Waals surface area contributed by atoms with Crippen LogP contribution in [-0.4, -0.2) is 23.7 Å². The lowest BCUT2D eigenvalue weighted by atomic mass is 10.1. The number of halogens is 1. The summed E-state index contributed by atoms with van der Waals surface area (Å²) >= 11 is 3.52. The summed E-state index contributed by atoms with van der Waals surface area (Å²) in [7, 11) is 1.60. The lowest BCUT2D eigenvalue weighted by molar-refractivity contribution is 0.292. The summed E-state index contributed by atoms with van der Waals surface area (Å²) in [6, 6.07) is 13.6. The fourth-order valence-corrected chi connectivity index (χ4v) is 3.14. The van der Waals surface area contributed by atoms with E-state index in [2.05, 4.69) is 32.0 Å². The molecule has 0 saturated carbocycles. The minimum absolute atomic E-state index is 0.442. The minimum atomic E-state index is 0.442. The van der Waals surface area contributed by atoms with Crippen LogP contribution in [0.25, 0.3) is 22.7 Å². The molecule has 132 valence electrons. The van der Waals surface area contributed by atoms with Crippen LogP contribution in [0.2, 0.25) is 0 Å². The van der Waals surface area contributed by atoms with Crippen LogP contribution < -0.4 is 9.47 Å². The molecule has 1 heterocycles. The van der Waals surface area contributed by atoms with Crippen molar-refractivity contribution in [1.82, 2.24) is 9.97 Å². The van der Waals surface area contributed by atoms with E-state index in [9.17, 15) is 5.26 Å². The zero-order chi connectivity index (χ0) is 18.5. The molecule has 5 nitrogen and oxygen atoms in total.